The van der Waals surface area contributed by atoms with Gasteiger partial charge in [-0.2, -0.15) is 0 Å². The summed E-state index contributed by atoms with van der Waals surface area (Å²) in [7, 11) is 1.60. The number of aryl methyl sites for hydroxylation is 1. The third kappa shape index (κ3) is 4.89. The highest BCUT2D eigenvalue weighted by Gasteiger charge is 2.20. The van der Waals surface area contributed by atoms with Gasteiger partial charge in [0.1, 0.15) is 11.5 Å². The van der Waals surface area contributed by atoms with Gasteiger partial charge in [-0.15, -0.1) is 10.2 Å². The van der Waals surface area contributed by atoms with Gasteiger partial charge in [-0.05, 0) is 72.1 Å². The molecule has 0 saturated carbocycles. The number of anilines is 3. The van der Waals surface area contributed by atoms with E-state index in [4.69, 9.17) is 13.9 Å². The van der Waals surface area contributed by atoms with Gasteiger partial charge >= 0.3 is 0 Å². The topological polar surface area (TPSA) is 111 Å². The molecule has 1 amide bonds. The third-order valence-electron chi connectivity index (χ3n) is 6.60. The van der Waals surface area contributed by atoms with Crippen LogP contribution in [0.25, 0.3) is 22.6 Å². The lowest BCUT2D eigenvalue weighted by molar-refractivity contribution is 0.102. The number of amides is 1. The molecular weight excluding hydrogens is 494 g/mol. The van der Waals surface area contributed by atoms with Crippen LogP contribution >= 0.6 is 0 Å². The van der Waals surface area contributed by atoms with Crippen LogP contribution in [0.1, 0.15) is 21.6 Å². The van der Waals surface area contributed by atoms with E-state index in [0.717, 1.165) is 39.5 Å². The summed E-state index contributed by atoms with van der Waals surface area (Å²) >= 11 is 0. The minimum Gasteiger partial charge on any atom is -0.496 e. The summed E-state index contributed by atoms with van der Waals surface area (Å²) in [6.07, 6.45) is 3.72. The number of nitrogens with zero attached hydrogens (tertiary/aromatic N) is 3. The highest BCUT2D eigenvalue weighted by molar-refractivity contribution is 6.12. The number of rotatable bonds is 7. The van der Waals surface area contributed by atoms with Gasteiger partial charge in [0.25, 0.3) is 11.8 Å². The number of carbonyl (C=O) groups excluding carboxylic acids is 1. The lowest BCUT2D eigenvalue weighted by atomic mass is 10.00. The molecule has 5 aromatic rings. The lowest BCUT2D eigenvalue weighted by Gasteiger charge is -2.13. The van der Waals surface area contributed by atoms with E-state index in [0.29, 0.717) is 41.5 Å². The van der Waals surface area contributed by atoms with E-state index in [2.05, 4.69) is 25.8 Å². The number of benzene rings is 3. The molecule has 9 heteroatoms. The molecule has 3 heterocycles. The number of hydrogen-bond donors (Lipinski definition) is 2. The van der Waals surface area contributed by atoms with E-state index < -0.39 is 0 Å². The van der Waals surface area contributed by atoms with E-state index in [1.54, 1.807) is 13.3 Å². The highest BCUT2D eigenvalue weighted by atomic mass is 16.5. The van der Waals surface area contributed by atoms with E-state index in [1.807, 2.05) is 73.7 Å². The number of pyridine rings is 1. The molecule has 0 aliphatic carbocycles. The van der Waals surface area contributed by atoms with Gasteiger partial charge in [0.2, 0.25) is 6.39 Å². The number of nitrogens with one attached hydrogen (secondary N) is 2. The maximum atomic E-state index is 13.1. The van der Waals surface area contributed by atoms with Crippen LogP contribution < -0.4 is 20.1 Å². The Balaban J connectivity index is 1.23. The molecule has 0 fully saturated rings. The highest BCUT2D eigenvalue weighted by Crippen LogP contribution is 2.37. The summed E-state index contributed by atoms with van der Waals surface area (Å²) in [6.45, 7) is 2.43. The Morgan fingerprint density at radius 3 is 2.51 bits per heavy atom. The Hall–Kier alpha value is -5.18. The molecule has 0 radical (unpaired) electrons. The van der Waals surface area contributed by atoms with Crippen molar-refractivity contribution in [1.82, 2.24) is 15.2 Å². The Morgan fingerprint density at radius 2 is 1.72 bits per heavy atom. The molecule has 1 aliphatic heterocycles. The van der Waals surface area contributed by atoms with Gasteiger partial charge in [-0.1, -0.05) is 18.2 Å². The second kappa shape index (κ2) is 10.3. The summed E-state index contributed by atoms with van der Waals surface area (Å²) in [5, 5.41) is 14.2. The average molecular weight is 520 g/mol. The third-order valence-corrected chi connectivity index (χ3v) is 6.60. The lowest BCUT2D eigenvalue weighted by Crippen LogP contribution is -2.11. The monoisotopic (exact) mass is 519 g/mol. The van der Waals surface area contributed by atoms with Crippen molar-refractivity contribution in [1.29, 1.82) is 0 Å². The maximum Gasteiger partial charge on any atom is 0.257 e. The van der Waals surface area contributed by atoms with Crippen LogP contribution in [0.5, 0.6) is 11.5 Å². The summed E-state index contributed by atoms with van der Waals surface area (Å²) in [5.41, 5.74) is 7.27. The Kier molecular flexibility index (Phi) is 6.38. The zero-order chi connectivity index (χ0) is 26.8. The van der Waals surface area contributed by atoms with Crippen molar-refractivity contribution in [2.75, 3.05) is 24.4 Å². The summed E-state index contributed by atoms with van der Waals surface area (Å²) in [4.78, 5) is 17.4. The molecular formula is C30H25N5O4. The number of methoxy groups -OCH3 is 1. The zero-order valence-corrected chi connectivity index (χ0v) is 21.4. The summed E-state index contributed by atoms with van der Waals surface area (Å²) in [6, 6.07) is 21.2. The number of carbonyl (C=O) groups is 1. The van der Waals surface area contributed by atoms with Crippen LogP contribution in [-0.2, 0) is 6.42 Å². The Morgan fingerprint density at radius 1 is 0.872 bits per heavy atom. The maximum absolute atomic E-state index is 13.1. The SMILES string of the molecule is COc1cc(-c2ccc3c(c2)Nc2ccc(CCOc4cccnc4C)cc2NC3=O)ccc1-c1nnco1. The number of ether oxygens (including phenoxy) is 2. The summed E-state index contributed by atoms with van der Waals surface area (Å²) in [5.74, 6) is 1.59. The molecule has 2 N–H and O–H groups in total. The van der Waals surface area contributed by atoms with Gasteiger partial charge in [0.15, 0.2) is 0 Å². The fourth-order valence-corrected chi connectivity index (χ4v) is 4.56. The normalized spacial score (nSPS) is 12.0. The van der Waals surface area contributed by atoms with Crippen molar-refractivity contribution >= 4 is 23.0 Å². The molecule has 3 aromatic carbocycles. The van der Waals surface area contributed by atoms with Gasteiger partial charge in [-0.25, -0.2) is 0 Å². The van der Waals surface area contributed by atoms with Crippen LogP contribution in [-0.4, -0.2) is 34.8 Å². The van der Waals surface area contributed by atoms with Crippen molar-refractivity contribution in [3.05, 3.63) is 96.1 Å². The number of fused-ring (bicyclic) bond motifs is 2. The van der Waals surface area contributed by atoms with Crippen LogP contribution in [0.3, 0.4) is 0 Å². The van der Waals surface area contributed by atoms with Crippen molar-refractivity contribution in [2.24, 2.45) is 0 Å². The number of hydrogen-bond acceptors (Lipinski definition) is 8. The first-order chi connectivity index (χ1) is 19.1. The van der Waals surface area contributed by atoms with Crippen LogP contribution in [0.15, 0.2) is 83.7 Å². The smallest absolute Gasteiger partial charge is 0.257 e. The number of aromatic nitrogens is 3. The predicted molar refractivity (Wildman–Crippen MR) is 148 cm³/mol. The molecule has 0 unspecified atom stereocenters. The molecule has 0 bridgehead atoms. The minimum atomic E-state index is -0.175. The average Bonchev–Trinajstić information content (AvgIpc) is 3.45. The fraction of sp³-hybridized carbons (Fsp3) is 0.133. The second-order valence-electron chi connectivity index (χ2n) is 9.06. The molecule has 2 aromatic heterocycles. The van der Waals surface area contributed by atoms with Crippen LogP contribution in [0.2, 0.25) is 0 Å². The van der Waals surface area contributed by atoms with E-state index >= 15 is 0 Å². The van der Waals surface area contributed by atoms with Crippen LogP contribution in [0.4, 0.5) is 17.1 Å². The quantitative estimate of drug-likeness (QED) is 0.267. The standard InChI is InChI=1S/C30H25N5O4/c1-18-27(4-3-12-31-18)38-13-11-19-5-10-24-26(14-19)34-29(36)22-8-6-20(15-25(22)33-24)21-7-9-23(28(16-21)37-2)30-35-32-17-39-30/h3-10,12,14-17,33H,11,13H2,1-2H3,(H,34,36). The predicted octanol–water partition coefficient (Wildman–Crippen LogP) is 6.05. The molecule has 6 rings (SSSR count). The first-order valence-corrected chi connectivity index (χ1v) is 12.4. The fourth-order valence-electron chi connectivity index (χ4n) is 4.56. The van der Waals surface area contributed by atoms with E-state index in [-0.39, 0.29) is 5.91 Å². The Bertz CT molecular complexity index is 1670. The van der Waals surface area contributed by atoms with Crippen LogP contribution in [0, 0.1) is 6.92 Å². The molecule has 39 heavy (non-hydrogen) atoms. The van der Waals surface area contributed by atoms with Crippen molar-refractivity contribution in [2.45, 2.75) is 13.3 Å². The van der Waals surface area contributed by atoms with Gasteiger partial charge in [-0.3, -0.25) is 9.78 Å². The molecule has 9 nitrogen and oxygen atoms in total. The first-order valence-electron chi connectivity index (χ1n) is 12.4. The van der Waals surface area contributed by atoms with Crippen molar-refractivity contribution in [3.63, 3.8) is 0 Å². The van der Waals surface area contributed by atoms with E-state index in [9.17, 15) is 4.79 Å². The molecule has 0 spiro atoms. The van der Waals surface area contributed by atoms with Gasteiger partial charge in [0.05, 0.1) is 47.6 Å². The zero-order valence-electron chi connectivity index (χ0n) is 21.4. The van der Waals surface area contributed by atoms with Gasteiger partial charge in [0, 0.05) is 12.6 Å². The largest absolute Gasteiger partial charge is 0.496 e. The van der Waals surface area contributed by atoms with E-state index in [1.165, 1.54) is 6.39 Å². The summed E-state index contributed by atoms with van der Waals surface area (Å²) < 4.78 is 16.8. The second-order valence-corrected chi connectivity index (χ2v) is 9.06. The molecule has 1 aliphatic rings. The molecule has 194 valence electrons. The van der Waals surface area contributed by atoms with Crippen molar-refractivity contribution in [3.8, 4) is 34.1 Å². The van der Waals surface area contributed by atoms with Gasteiger partial charge < -0.3 is 24.5 Å². The minimum absolute atomic E-state index is 0.175. The molecule has 0 saturated heterocycles. The van der Waals surface area contributed by atoms with Crippen molar-refractivity contribution < 1.29 is 18.7 Å². The molecule has 0 atom stereocenters. The Labute approximate surface area is 224 Å². The first kappa shape index (κ1) is 24.2.